The van der Waals surface area contributed by atoms with E-state index in [9.17, 15) is 17.6 Å². The minimum Gasteiger partial charge on any atom is -0.444 e. The molecule has 1 aliphatic heterocycles. The lowest BCUT2D eigenvalue weighted by molar-refractivity contribution is -0.123. The number of amides is 1. The molecule has 2 heterocycles. The molecule has 2 aliphatic rings. The van der Waals surface area contributed by atoms with Crippen LogP contribution in [0.1, 0.15) is 56.4 Å². The van der Waals surface area contributed by atoms with Crippen LogP contribution < -0.4 is 15.4 Å². The van der Waals surface area contributed by atoms with Crippen LogP contribution in [0.2, 0.25) is 0 Å². The van der Waals surface area contributed by atoms with Crippen LogP contribution in [-0.2, 0) is 14.8 Å². The molecule has 1 saturated carbocycles. The van der Waals surface area contributed by atoms with E-state index in [0.717, 1.165) is 36.9 Å². The third kappa shape index (κ3) is 6.24. The zero-order valence-corrected chi connectivity index (χ0v) is 22.0. The highest BCUT2D eigenvalue weighted by Gasteiger charge is 2.30. The molecule has 38 heavy (non-hydrogen) atoms. The summed E-state index contributed by atoms with van der Waals surface area (Å²) in [5.74, 6) is 0.307. The molecular formula is C28H33FN4O4S. The van der Waals surface area contributed by atoms with E-state index in [1.165, 1.54) is 37.1 Å². The number of benzene rings is 2. The van der Waals surface area contributed by atoms with Crippen molar-refractivity contribution in [2.24, 2.45) is 5.92 Å². The fraction of sp³-hybridized carbons (Fsp3) is 0.429. The van der Waals surface area contributed by atoms with E-state index in [4.69, 9.17) is 4.42 Å². The largest absolute Gasteiger partial charge is 0.444 e. The molecule has 1 aromatic heterocycles. The number of nitrogens with one attached hydrogen (secondary N) is 3. The summed E-state index contributed by atoms with van der Waals surface area (Å²) in [6.07, 6.45) is 9.31. The second kappa shape index (κ2) is 11.7. The number of aromatic nitrogens is 1. The number of hydrogen-bond donors (Lipinski definition) is 3. The summed E-state index contributed by atoms with van der Waals surface area (Å²) in [6.45, 7) is 1.05. The van der Waals surface area contributed by atoms with Gasteiger partial charge in [-0.1, -0.05) is 32.1 Å². The molecule has 2 aromatic carbocycles. The standard InChI is InChI=1S/C28H33FN4O4S/c29-22-8-11-25-24(15-22)21(16-32-25)12-13-31-28(34)26(14-19-4-2-1-3-5-19)33-38(35,36)23-9-6-20(7-10-23)27-17-30-18-37-27/h6-11,15,17-19,21,26,32-33H,1-5,12-14,16H2,(H,31,34)/t21?,26-/m0/s1. The Balaban J connectivity index is 1.24. The van der Waals surface area contributed by atoms with Gasteiger partial charge < -0.3 is 15.1 Å². The van der Waals surface area contributed by atoms with Gasteiger partial charge in [0, 0.05) is 30.3 Å². The van der Waals surface area contributed by atoms with Gasteiger partial charge in [0.2, 0.25) is 15.9 Å². The average Bonchev–Trinajstić information content (AvgIpc) is 3.59. The van der Waals surface area contributed by atoms with Gasteiger partial charge in [0.1, 0.15) is 11.9 Å². The molecule has 202 valence electrons. The molecule has 3 aromatic rings. The maximum absolute atomic E-state index is 13.7. The van der Waals surface area contributed by atoms with Gasteiger partial charge in [-0.3, -0.25) is 4.79 Å². The average molecular weight is 541 g/mol. The Hall–Kier alpha value is -3.24. The Morgan fingerprint density at radius 2 is 1.92 bits per heavy atom. The van der Waals surface area contributed by atoms with Crippen molar-refractivity contribution in [3.63, 3.8) is 0 Å². The lowest BCUT2D eigenvalue weighted by Crippen LogP contribution is -2.48. The molecule has 3 N–H and O–H groups in total. The molecular weight excluding hydrogens is 507 g/mol. The van der Waals surface area contributed by atoms with Crippen molar-refractivity contribution in [1.82, 2.24) is 15.0 Å². The molecule has 5 rings (SSSR count). The summed E-state index contributed by atoms with van der Waals surface area (Å²) in [6, 6.07) is 10.1. The molecule has 1 aliphatic carbocycles. The quantitative estimate of drug-likeness (QED) is 0.340. The van der Waals surface area contributed by atoms with Crippen molar-refractivity contribution in [2.75, 3.05) is 18.4 Å². The predicted octanol–water partition coefficient (Wildman–Crippen LogP) is 4.81. The molecule has 0 saturated heterocycles. The van der Waals surface area contributed by atoms with Crippen LogP contribution in [0.5, 0.6) is 0 Å². The van der Waals surface area contributed by atoms with Gasteiger partial charge in [0.25, 0.3) is 0 Å². The molecule has 10 heteroatoms. The third-order valence-electron chi connectivity index (χ3n) is 7.57. The number of anilines is 1. The number of carbonyl (C=O) groups is 1. The Labute approximate surface area is 222 Å². The lowest BCUT2D eigenvalue weighted by atomic mass is 9.85. The van der Waals surface area contributed by atoms with Gasteiger partial charge in [0.15, 0.2) is 12.2 Å². The first-order valence-corrected chi connectivity index (χ1v) is 14.7. The van der Waals surface area contributed by atoms with Crippen LogP contribution in [0.25, 0.3) is 11.3 Å². The maximum Gasteiger partial charge on any atom is 0.241 e. The van der Waals surface area contributed by atoms with E-state index in [1.54, 1.807) is 24.4 Å². The van der Waals surface area contributed by atoms with Crippen molar-refractivity contribution < 1.29 is 22.0 Å². The monoisotopic (exact) mass is 540 g/mol. The summed E-state index contributed by atoms with van der Waals surface area (Å²) in [4.78, 5) is 17.2. The first-order chi connectivity index (χ1) is 18.4. The summed E-state index contributed by atoms with van der Waals surface area (Å²) < 4.78 is 48.2. The highest BCUT2D eigenvalue weighted by molar-refractivity contribution is 7.89. The van der Waals surface area contributed by atoms with Crippen LogP contribution in [0, 0.1) is 11.7 Å². The van der Waals surface area contributed by atoms with E-state index >= 15 is 0 Å². The molecule has 0 radical (unpaired) electrons. The maximum atomic E-state index is 13.7. The third-order valence-corrected chi connectivity index (χ3v) is 9.06. The van der Waals surface area contributed by atoms with Gasteiger partial charge >= 0.3 is 0 Å². The Kier molecular flexibility index (Phi) is 8.09. The molecule has 1 fully saturated rings. The van der Waals surface area contributed by atoms with Crippen LogP contribution in [0.3, 0.4) is 0 Å². The van der Waals surface area contributed by atoms with E-state index in [1.807, 2.05) is 0 Å². The summed E-state index contributed by atoms with van der Waals surface area (Å²) in [7, 11) is -3.94. The summed E-state index contributed by atoms with van der Waals surface area (Å²) >= 11 is 0. The molecule has 2 atom stereocenters. The van der Waals surface area contributed by atoms with Crippen molar-refractivity contribution in [1.29, 1.82) is 0 Å². The fourth-order valence-corrected chi connectivity index (χ4v) is 6.71. The SMILES string of the molecule is O=C(NCCC1CNc2ccc(F)cc21)[C@H](CC1CCCCC1)NS(=O)(=O)c1ccc(-c2cnco2)cc1. The smallest absolute Gasteiger partial charge is 0.241 e. The van der Waals surface area contributed by atoms with Gasteiger partial charge in [0.05, 0.1) is 11.1 Å². The first kappa shape index (κ1) is 26.4. The molecule has 1 unspecified atom stereocenters. The molecule has 8 nitrogen and oxygen atoms in total. The number of hydrogen-bond acceptors (Lipinski definition) is 6. The highest BCUT2D eigenvalue weighted by Crippen LogP contribution is 2.34. The van der Waals surface area contributed by atoms with Crippen molar-refractivity contribution in [3.05, 3.63) is 66.4 Å². The second-order valence-electron chi connectivity index (χ2n) is 10.2. The highest BCUT2D eigenvalue weighted by atomic mass is 32.2. The Morgan fingerprint density at radius 1 is 1.13 bits per heavy atom. The normalized spacial score (nSPS) is 18.5. The van der Waals surface area contributed by atoms with Gasteiger partial charge in [-0.25, -0.2) is 17.8 Å². The van der Waals surface area contributed by atoms with Crippen molar-refractivity contribution >= 4 is 21.6 Å². The number of fused-ring (bicyclic) bond motifs is 1. The first-order valence-electron chi connectivity index (χ1n) is 13.2. The zero-order chi connectivity index (χ0) is 26.5. The number of sulfonamides is 1. The Morgan fingerprint density at radius 3 is 2.66 bits per heavy atom. The number of rotatable bonds is 10. The molecule has 0 spiro atoms. The van der Waals surface area contributed by atoms with E-state index in [0.29, 0.717) is 43.2 Å². The van der Waals surface area contributed by atoms with Crippen molar-refractivity contribution in [2.45, 2.75) is 61.8 Å². The number of nitrogens with zero attached hydrogens (tertiary/aromatic N) is 1. The summed E-state index contributed by atoms with van der Waals surface area (Å²) in [5, 5.41) is 6.21. The molecule has 0 bridgehead atoms. The van der Waals surface area contributed by atoms with Crippen LogP contribution in [-0.4, -0.2) is 38.4 Å². The Bertz CT molecular complexity index is 1340. The lowest BCUT2D eigenvalue weighted by Gasteiger charge is -2.26. The zero-order valence-electron chi connectivity index (χ0n) is 21.2. The number of oxazole rings is 1. The van der Waals surface area contributed by atoms with Gasteiger partial charge in [-0.2, -0.15) is 4.72 Å². The minimum atomic E-state index is -3.94. The minimum absolute atomic E-state index is 0.0809. The van der Waals surface area contributed by atoms with Crippen molar-refractivity contribution in [3.8, 4) is 11.3 Å². The predicted molar refractivity (Wildman–Crippen MR) is 142 cm³/mol. The van der Waals surface area contributed by atoms with Gasteiger partial charge in [-0.15, -0.1) is 0 Å². The molecule has 1 amide bonds. The van der Waals surface area contributed by atoms with E-state index < -0.39 is 16.1 Å². The van der Waals surface area contributed by atoms with E-state index in [-0.39, 0.29) is 22.5 Å². The topological polar surface area (TPSA) is 113 Å². The number of carbonyl (C=O) groups excluding carboxylic acids is 1. The van der Waals surface area contributed by atoms with E-state index in [2.05, 4.69) is 20.3 Å². The second-order valence-corrected chi connectivity index (χ2v) is 11.9. The van der Waals surface area contributed by atoms with Gasteiger partial charge in [-0.05, 0) is 66.8 Å². The number of halogens is 1. The van der Waals surface area contributed by atoms with Crippen LogP contribution in [0.15, 0.2) is 64.4 Å². The fourth-order valence-electron chi connectivity index (χ4n) is 5.50. The summed E-state index contributed by atoms with van der Waals surface area (Å²) in [5.41, 5.74) is 2.54. The van der Waals surface area contributed by atoms with Crippen LogP contribution >= 0.6 is 0 Å². The van der Waals surface area contributed by atoms with Crippen LogP contribution in [0.4, 0.5) is 10.1 Å².